The Bertz CT molecular complexity index is 769. The van der Waals surface area contributed by atoms with Gasteiger partial charge >= 0.3 is 0 Å². The van der Waals surface area contributed by atoms with Gasteiger partial charge in [0.2, 0.25) is 5.88 Å². The molecule has 3 heterocycles. The van der Waals surface area contributed by atoms with E-state index in [1.165, 1.54) is 0 Å². The second-order valence-electron chi connectivity index (χ2n) is 7.15. The van der Waals surface area contributed by atoms with Gasteiger partial charge in [0.05, 0.1) is 6.54 Å². The van der Waals surface area contributed by atoms with Crippen molar-refractivity contribution in [3.8, 4) is 5.88 Å². The van der Waals surface area contributed by atoms with Gasteiger partial charge in [-0.15, -0.1) is 10.2 Å². The van der Waals surface area contributed by atoms with Crippen LogP contribution in [0.3, 0.4) is 0 Å². The predicted molar refractivity (Wildman–Crippen MR) is 94.4 cm³/mol. The molecule has 1 saturated carbocycles. The van der Waals surface area contributed by atoms with Crippen LogP contribution in [-0.4, -0.2) is 59.4 Å². The van der Waals surface area contributed by atoms with Crippen LogP contribution in [0.1, 0.15) is 47.8 Å². The number of hydrogen-bond donors (Lipinski definition) is 0. The summed E-state index contributed by atoms with van der Waals surface area (Å²) in [5.41, 5.74) is 0.391. The van der Waals surface area contributed by atoms with Crippen LogP contribution >= 0.6 is 0 Å². The van der Waals surface area contributed by atoms with Crippen molar-refractivity contribution in [3.63, 3.8) is 0 Å². The molecule has 2 fully saturated rings. The minimum atomic E-state index is -0.0954. The quantitative estimate of drug-likeness (QED) is 0.810. The Labute approximate surface area is 152 Å². The third-order valence-corrected chi connectivity index (χ3v) is 4.76. The first-order chi connectivity index (χ1) is 12.6. The third kappa shape index (κ3) is 3.63. The second-order valence-corrected chi connectivity index (χ2v) is 7.15. The van der Waals surface area contributed by atoms with Crippen molar-refractivity contribution in [3.05, 3.63) is 29.7 Å². The van der Waals surface area contributed by atoms with Gasteiger partial charge in [-0.25, -0.2) is 0 Å². The molecule has 1 amide bonds. The summed E-state index contributed by atoms with van der Waals surface area (Å²) >= 11 is 0. The van der Waals surface area contributed by atoms with Crippen molar-refractivity contribution >= 4 is 11.7 Å². The maximum atomic E-state index is 12.7. The van der Waals surface area contributed by atoms with Gasteiger partial charge in [-0.05, 0) is 31.7 Å². The highest BCUT2D eigenvalue weighted by atomic mass is 16.5. The molecule has 4 rings (SSSR count). The molecule has 0 spiro atoms. The lowest BCUT2D eigenvalue weighted by molar-refractivity contribution is 0.0516. The Kier molecular flexibility index (Phi) is 4.48. The number of ether oxygens (including phenoxy) is 1. The van der Waals surface area contributed by atoms with Crippen LogP contribution < -0.4 is 9.64 Å². The number of carbonyl (C=O) groups excluding carboxylic acids is 1. The van der Waals surface area contributed by atoms with E-state index in [1.807, 2.05) is 31.1 Å². The van der Waals surface area contributed by atoms with Crippen molar-refractivity contribution < 1.29 is 14.1 Å². The number of carbonyl (C=O) groups is 1. The van der Waals surface area contributed by atoms with E-state index in [4.69, 9.17) is 9.26 Å². The highest BCUT2D eigenvalue weighted by Crippen LogP contribution is 2.40. The molecule has 138 valence electrons. The summed E-state index contributed by atoms with van der Waals surface area (Å²) in [5, 5.41) is 12.2. The highest BCUT2D eigenvalue weighted by Gasteiger charge is 2.31. The fourth-order valence-corrected chi connectivity index (χ4v) is 3.12. The molecule has 8 heteroatoms. The van der Waals surface area contributed by atoms with Gasteiger partial charge in [-0.1, -0.05) is 5.16 Å². The Morgan fingerprint density at radius 1 is 1.27 bits per heavy atom. The summed E-state index contributed by atoms with van der Waals surface area (Å²) in [6.45, 7) is 1.22. The first kappa shape index (κ1) is 16.8. The van der Waals surface area contributed by atoms with Crippen molar-refractivity contribution in [2.24, 2.45) is 0 Å². The summed E-state index contributed by atoms with van der Waals surface area (Å²) in [4.78, 5) is 16.4. The van der Waals surface area contributed by atoms with Crippen molar-refractivity contribution in [2.45, 2.75) is 37.7 Å². The number of rotatable bonds is 5. The molecule has 8 nitrogen and oxygen atoms in total. The van der Waals surface area contributed by atoms with E-state index in [-0.39, 0.29) is 12.0 Å². The first-order valence-electron chi connectivity index (χ1n) is 9.04. The SMILES string of the molecule is CN(C)c1ccc(OC2CCCN(C(=O)c3cc(C4CC4)on3)C2)nn1. The molecule has 1 saturated heterocycles. The van der Waals surface area contributed by atoms with Gasteiger partial charge < -0.3 is 19.1 Å². The van der Waals surface area contributed by atoms with Crippen LogP contribution in [0.25, 0.3) is 0 Å². The lowest BCUT2D eigenvalue weighted by atomic mass is 10.1. The van der Waals surface area contributed by atoms with Gasteiger partial charge in [0.25, 0.3) is 5.91 Å². The molecule has 0 N–H and O–H groups in total. The van der Waals surface area contributed by atoms with E-state index in [2.05, 4.69) is 15.4 Å². The molecule has 0 radical (unpaired) electrons. The van der Waals surface area contributed by atoms with E-state index in [0.717, 1.165) is 37.3 Å². The summed E-state index contributed by atoms with van der Waals surface area (Å²) < 4.78 is 11.2. The van der Waals surface area contributed by atoms with E-state index in [9.17, 15) is 4.79 Å². The highest BCUT2D eigenvalue weighted by molar-refractivity contribution is 5.92. The number of nitrogens with zero attached hydrogens (tertiary/aromatic N) is 5. The van der Waals surface area contributed by atoms with Gasteiger partial charge in [-0.2, -0.15) is 0 Å². The average Bonchev–Trinajstić information content (AvgIpc) is 3.39. The number of piperidine rings is 1. The standard InChI is InChI=1S/C18H23N5O3/c1-22(2)16-7-8-17(20-19-16)25-13-4-3-9-23(11-13)18(24)14-10-15(26-21-14)12-5-6-12/h7-8,10,12-13H,3-6,9,11H2,1-2H3. The lowest BCUT2D eigenvalue weighted by Crippen LogP contribution is -2.44. The van der Waals surface area contributed by atoms with E-state index >= 15 is 0 Å². The number of likely N-dealkylation sites (tertiary alicyclic amines) is 1. The van der Waals surface area contributed by atoms with Crippen LogP contribution in [-0.2, 0) is 0 Å². The molecule has 1 aliphatic heterocycles. The normalized spacial score (nSPS) is 20.1. The Hall–Kier alpha value is -2.64. The van der Waals surface area contributed by atoms with Gasteiger partial charge in [0.1, 0.15) is 11.9 Å². The fraction of sp³-hybridized carbons (Fsp3) is 0.556. The maximum Gasteiger partial charge on any atom is 0.276 e. The monoisotopic (exact) mass is 357 g/mol. The summed E-state index contributed by atoms with van der Waals surface area (Å²) in [5.74, 6) is 2.44. The van der Waals surface area contributed by atoms with Crippen molar-refractivity contribution in [2.75, 3.05) is 32.1 Å². The summed E-state index contributed by atoms with van der Waals surface area (Å²) in [6.07, 6.45) is 3.91. The minimum Gasteiger partial charge on any atom is -0.471 e. The van der Waals surface area contributed by atoms with Crippen LogP contribution in [0.4, 0.5) is 5.82 Å². The summed E-state index contributed by atoms with van der Waals surface area (Å²) in [6, 6.07) is 5.46. The molecular weight excluding hydrogens is 334 g/mol. The van der Waals surface area contributed by atoms with Crippen molar-refractivity contribution in [1.29, 1.82) is 0 Å². The van der Waals surface area contributed by atoms with Gasteiger partial charge in [0.15, 0.2) is 11.5 Å². The Morgan fingerprint density at radius 2 is 2.12 bits per heavy atom. The molecule has 2 aliphatic rings. The molecule has 2 aromatic rings. The number of aromatic nitrogens is 3. The number of anilines is 1. The molecular formula is C18H23N5O3. The first-order valence-corrected chi connectivity index (χ1v) is 9.04. The molecule has 26 heavy (non-hydrogen) atoms. The number of amides is 1. The van der Waals surface area contributed by atoms with Crippen LogP contribution in [0, 0.1) is 0 Å². The average molecular weight is 357 g/mol. The Morgan fingerprint density at radius 3 is 2.81 bits per heavy atom. The molecule has 0 bridgehead atoms. The van der Waals surface area contributed by atoms with E-state index in [0.29, 0.717) is 30.6 Å². The zero-order valence-electron chi connectivity index (χ0n) is 15.1. The van der Waals surface area contributed by atoms with E-state index in [1.54, 1.807) is 11.0 Å². The van der Waals surface area contributed by atoms with Gasteiger partial charge in [0, 0.05) is 38.7 Å². The Balaban J connectivity index is 1.37. The van der Waals surface area contributed by atoms with Crippen LogP contribution in [0.15, 0.2) is 22.7 Å². The summed E-state index contributed by atoms with van der Waals surface area (Å²) in [7, 11) is 3.82. The molecule has 1 aliphatic carbocycles. The molecule has 1 atom stereocenters. The predicted octanol–water partition coefficient (Wildman–Crippen LogP) is 2.09. The third-order valence-electron chi connectivity index (χ3n) is 4.76. The zero-order chi connectivity index (χ0) is 18.1. The largest absolute Gasteiger partial charge is 0.471 e. The van der Waals surface area contributed by atoms with Crippen LogP contribution in [0.5, 0.6) is 5.88 Å². The fourth-order valence-electron chi connectivity index (χ4n) is 3.12. The van der Waals surface area contributed by atoms with Crippen molar-refractivity contribution in [1.82, 2.24) is 20.3 Å². The molecule has 2 aromatic heterocycles. The van der Waals surface area contributed by atoms with Gasteiger partial charge in [-0.3, -0.25) is 4.79 Å². The maximum absolute atomic E-state index is 12.7. The van der Waals surface area contributed by atoms with Crippen LogP contribution in [0.2, 0.25) is 0 Å². The molecule has 1 unspecified atom stereocenters. The molecule has 0 aromatic carbocycles. The topological polar surface area (TPSA) is 84.6 Å². The smallest absolute Gasteiger partial charge is 0.276 e. The minimum absolute atomic E-state index is 0.0945. The number of hydrogen-bond acceptors (Lipinski definition) is 7. The second kappa shape index (κ2) is 6.93. The van der Waals surface area contributed by atoms with E-state index < -0.39 is 0 Å². The lowest BCUT2D eigenvalue weighted by Gasteiger charge is -2.32. The zero-order valence-corrected chi connectivity index (χ0v) is 15.1.